The number of hydrogen-bond acceptors (Lipinski definition) is 5. The van der Waals surface area contributed by atoms with Gasteiger partial charge in [-0.15, -0.1) is 5.10 Å². The predicted octanol–water partition coefficient (Wildman–Crippen LogP) is 0.135. The molecule has 1 atom stereocenters. The van der Waals surface area contributed by atoms with E-state index in [1.165, 1.54) is 7.05 Å². The van der Waals surface area contributed by atoms with E-state index in [4.69, 9.17) is 0 Å². The van der Waals surface area contributed by atoms with Gasteiger partial charge in [0.2, 0.25) is 10.9 Å². The third-order valence-corrected chi connectivity index (χ3v) is 5.23. The lowest BCUT2D eigenvalue weighted by atomic mass is 10.2. The van der Waals surface area contributed by atoms with Gasteiger partial charge in [-0.25, -0.2) is 8.99 Å². The molecule has 0 N–H and O–H groups in total. The fraction of sp³-hybridized carbons (Fsp3) is 0.625. The Bertz CT molecular complexity index is 548. The van der Waals surface area contributed by atoms with E-state index in [1.54, 1.807) is 0 Å². The van der Waals surface area contributed by atoms with Crippen LogP contribution in [0.4, 0.5) is 0 Å². The van der Waals surface area contributed by atoms with E-state index in [0.717, 1.165) is 8.99 Å². The summed E-state index contributed by atoms with van der Waals surface area (Å²) in [5.41, 5.74) is 0. The normalized spacial score (nSPS) is 21.2. The second-order valence-corrected chi connectivity index (χ2v) is 6.58. The number of nitrogens with zero attached hydrogens (tertiary/aromatic N) is 4. The van der Waals surface area contributed by atoms with Crippen LogP contribution in [-0.4, -0.2) is 40.2 Å². The molecular weight excluding hydrogens is 312 g/mol. The number of carbonyl (C=O) groups is 1. The van der Waals surface area contributed by atoms with E-state index in [0.29, 0.717) is 0 Å². The second kappa shape index (κ2) is 4.05. The second-order valence-electron chi connectivity index (χ2n) is 4.05. The van der Waals surface area contributed by atoms with Crippen LogP contribution in [0.2, 0.25) is 0 Å². The minimum atomic E-state index is -3.86. The summed E-state index contributed by atoms with van der Waals surface area (Å²) < 4.78 is 26.7. The van der Waals surface area contributed by atoms with Crippen molar-refractivity contribution in [3.05, 3.63) is 4.60 Å². The molecule has 7 nitrogen and oxygen atoms in total. The average Bonchev–Trinajstić information content (AvgIpc) is 2.70. The van der Waals surface area contributed by atoms with Crippen LogP contribution in [0.5, 0.6) is 0 Å². The molecule has 1 aromatic heterocycles. The number of sulfonamides is 1. The van der Waals surface area contributed by atoms with Gasteiger partial charge in [0.15, 0.2) is 4.60 Å². The fourth-order valence-corrected chi connectivity index (χ4v) is 4.35. The van der Waals surface area contributed by atoms with Crippen molar-refractivity contribution in [1.82, 2.24) is 19.3 Å². The first-order valence-electron chi connectivity index (χ1n) is 4.94. The highest BCUT2D eigenvalue weighted by Crippen LogP contribution is 2.27. The maximum atomic E-state index is 12.3. The minimum absolute atomic E-state index is 0.0391. The van der Waals surface area contributed by atoms with Crippen LogP contribution in [0.3, 0.4) is 0 Å². The molecule has 1 aliphatic heterocycles. The van der Waals surface area contributed by atoms with E-state index in [-0.39, 0.29) is 34.4 Å². The third kappa shape index (κ3) is 1.97. The molecule has 9 heteroatoms. The van der Waals surface area contributed by atoms with Crippen molar-refractivity contribution in [2.45, 2.75) is 18.4 Å². The molecule has 1 unspecified atom stereocenters. The van der Waals surface area contributed by atoms with Crippen molar-refractivity contribution < 1.29 is 13.2 Å². The summed E-state index contributed by atoms with van der Waals surface area (Å²) in [6.45, 7) is 2.04. The van der Waals surface area contributed by atoms with E-state index in [9.17, 15) is 13.2 Å². The van der Waals surface area contributed by atoms with Crippen molar-refractivity contribution in [2.75, 3.05) is 6.54 Å². The van der Waals surface area contributed by atoms with Crippen molar-refractivity contribution in [3.63, 3.8) is 0 Å². The molecule has 0 radical (unpaired) electrons. The summed E-state index contributed by atoms with van der Waals surface area (Å²) in [4.78, 5) is 11.6. The topological polar surface area (TPSA) is 85.2 Å². The largest absolute Gasteiger partial charge is 0.286 e. The Morgan fingerprint density at radius 2 is 2.12 bits per heavy atom. The number of carbonyl (C=O) groups excluding carboxylic acids is 1. The van der Waals surface area contributed by atoms with Crippen LogP contribution in [-0.2, 0) is 21.9 Å². The van der Waals surface area contributed by atoms with Crippen LogP contribution in [0, 0.1) is 5.92 Å². The Kier molecular flexibility index (Phi) is 2.98. The first kappa shape index (κ1) is 12.5. The average molecular weight is 323 g/mol. The van der Waals surface area contributed by atoms with Crippen molar-refractivity contribution in [3.8, 4) is 0 Å². The standard InChI is InChI=1S/C8H11BrN4O3S/c1-5-3-6(14)13(4-5)17(15,16)8-7(9)10-11-12(8)2/h5H,3-4H2,1-2H3. The maximum Gasteiger partial charge on any atom is 0.286 e. The van der Waals surface area contributed by atoms with Crippen LogP contribution in [0.15, 0.2) is 9.63 Å². The van der Waals surface area contributed by atoms with Gasteiger partial charge in [0.1, 0.15) is 0 Å². The van der Waals surface area contributed by atoms with Gasteiger partial charge in [-0.05, 0) is 21.8 Å². The molecule has 94 valence electrons. The lowest BCUT2D eigenvalue weighted by Crippen LogP contribution is -2.33. The minimum Gasteiger partial charge on any atom is -0.274 e. The lowest BCUT2D eigenvalue weighted by molar-refractivity contribution is -0.123. The lowest BCUT2D eigenvalue weighted by Gasteiger charge is -2.16. The zero-order valence-corrected chi connectivity index (χ0v) is 11.7. The summed E-state index contributed by atoms with van der Waals surface area (Å²) >= 11 is 3.02. The molecule has 2 rings (SSSR count). The van der Waals surface area contributed by atoms with Gasteiger partial charge in [-0.1, -0.05) is 12.1 Å². The highest BCUT2D eigenvalue weighted by atomic mass is 79.9. The first-order chi connectivity index (χ1) is 7.84. The monoisotopic (exact) mass is 322 g/mol. The fourth-order valence-electron chi connectivity index (χ4n) is 1.78. The van der Waals surface area contributed by atoms with Crippen LogP contribution >= 0.6 is 15.9 Å². The van der Waals surface area contributed by atoms with Gasteiger partial charge in [0, 0.05) is 20.0 Å². The van der Waals surface area contributed by atoms with E-state index in [2.05, 4.69) is 26.2 Å². The summed E-state index contributed by atoms with van der Waals surface area (Å²) in [6.07, 6.45) is 0.252. The highest BCUT2D eigenvalue weighted by molar-refractivity contribution is 9.10. The SMILES string of the molecule is CC1CC(=O)N(S(=O)(=O)c2c(Br)nnn2C)C1. The summed E-state index contributed by atoms with van der Waals surface area (Å²) in [6, 6.07) is 0. The smallest absolute Gasteiger partial charge is 0.274 e. The van der Waals surface area contributed by atoms with E-state index < -0.39 is 10.0 Å². The maximum absolute atomic E-state index is 12.3. The number of rotatable bonds is 2. The van der Waals surface area contributed by atoms with Crippen molar-refractivity contribution in [2.24, 2.45) is 13.0 Å². The molecule has 1 saturated heterocycles. The predicted molar refractivity (Wildman–Crippen MR) is 61.4 cm³/mol. The van der Waals surface area contributed by atoms with Gasteiger partial charge in [0.05, 0.1) is 0 Å². The molecule has 1 fully saturated rings. The number of aryl methyl sites for hydroxylation is 1. The Morgan fingerprint density at radius 3 is 2.53 bits per heavy atom. The molecule has 0 aromatic carbocycles. The molecule has 0 aliphatic carbocycles. The van der Waals surface area contributed by atoms with Crippen molar-refractivity contribution >= 4 is 31.9 Å². The van der Waals surface area contributed by atoms with Crippen LogP contribution in [0.1, 0.15) is 13.3 Å². The van der Waals surface area contributed by atoms with Crippen LogP contribution < -0.4 is 0 Å². The number of hydrogen-bond donors (Lipinski definition) is 0. The molecule has 0 spiro atoms. The molecule has 2 heterocycles. The van der Waals surface area contributed by atoms with Crippen LogP contribution in [0.25, 0.3) is 0 Å². The molecule has 1 amide bonds. The van der Waals surface area contributed by atoms with Gasteiger partial charge in [-0.3, -0.25) is 4.79 Å². The molecule has 0 bridgehead atoms. The molecular formula is C8H11BrN4O3S. The van der Waals surface area contributed by atoms with Gasteiger partial charge >= 0.3 is 0 Å². The number of aromatic nitrogens is 3. The molecule has 1 aromatic rings. The zero-order valence-electron chi connectivity index (χ0n) is 9.29. The third-order valence-electron chi connectivity index (χ3n) is 2.55. The van der Waals surface area contributed by atoms with Gasteiger partial charge in [-0.2, -0.15) is 8.42 Å². The Labute approximate surface area is 107 Å². The van der Waals surface area contributed by atoms with E-state index in [1.807, 2.05) is 6.92 Å². The quantitative estimate of drug-likeness (QED) is 0.772. The Balaban J connectivity index is 2.48. The molecule has 0 saturated carbocycles. The van der Waals surface area contributed by atoms with Gasteiger partial charge in [0.25, 0.3) is 10.0 Å². The van der Waals surface area contributed by atoms with Gasteiger partial charge < -0.3 is 0 Å². The Hall–Kier alpha value is -0.960. The number of halogens is 1. The first-order valence-corrected chi connectivity index (χ1v) is 7.18. The molecule has 17 heavy (non-hydrogen) atoms. The molecule has 1 aliphatic rings. The van der Waals surface area contributed by atoms with E-state index >= 15 is 0 Å². The summed E-state index contributed by atoms with van der Waals surface area (Å²) in [5.74, 6) is -0.345. The van der Waals surface area contributed by atoms with Crippen molar-refractivity contribution in [1.29, 1.82) is 0 Å². The zero-order chi connectivity index (χ0) is 12.8. The summed E-state index contributed by atoms with van der Waals surface area (Å²) in [5, 5.41) is 7.11. The Morgan fingerprint density at radius 1 is 1.47 bits per heavy atom. The number of amides is 1. The highest BCUT2D eigenvalue weighted by Gasteiger charge is 2.39. The summed E-state index contributed by atoms with van der Waals surface area (Å²) in [7, 11) is -2.40.